The number of aliphatic hydroxyl groups excluding tert-OH is 1. The first-order valence-electron chi connectivity index (χ1n) is 6.79. The Morgan fingerprint density at radius 3 is 2.78 bits per heavy atom. The highest BCUT2D eigenvalue weighted by molar-refractivity contribution is 8.00. The molecule has 1 unspecified atom stereocenters. The van der Waals surface area contributed by atoms with Gasteiger partial charge in [-0.2, -0.15) is 0 Å². The lowest BCUT2D eigenvalue weighted by Crippen LogP contribution is -2.21. The van der Waals surface area contributed by atoms with Gasteiger partial charge in [-0.15, -0.1) is 11.8 Å². The van der Waals surface area contributed by atoms with E-state index in [0.717, 1.165) is 44.7 Å². The van der Waals surface area contributed by atoms with E-state index in [4.69, 9.17) is 15.6 Å². The molecule has 3 N–H and O–H groups in total. The van der Waals surface area contributed by atoms with Crippen LogP contribution in [0.25, 0.3) is 0 Å². The van der Waals surface area contributed by atoms with Gasteiger partial charge in [0.05, 0.1) is 5.75 Å². The maximum atomic E-state index is 7.00. The van der Waals surface area contributed by atoms with Crippen LogP contribution in [0, 0.1) is 0 Å². The molecule has 18 heavy (non-hydrogen) atoms. The molecule has 0 saturated carbocycles. The van der Waals surface area contributed by atoms with E-state index in [2.05, 4.69) is 11.9 Å². The Labute approximate surface area is 115 Å². The topological polar surface area (TPSA) is 67.8 Å². The predicted octanol–water partition coefficient (Wildman–Crippen LogP) is 2.40. The van der Waals surface area contributed by atoms with E-state index in [1.54, 1.807) is 11.8 Å². The summed E-state index contributed by atoms with van der Waals surface area (Å²) in [5.74, 6) is 1.59. The van der Waals surface area contributed by atoms with Crippen LogP contribution in [0.2, 0.25) is 0 Å². The number of nitrogens with zero attached hydrogens (tertiary/aromatic N) is 1. The van der Waals surface area contributed by atoms with Gasteiger partial charge >= 0.3 is 0 Å². The fraction of sp³-hybridized carbons (Fsp3) is 0.923. The molecule has 5 heteroatoms. The van der Waals surface area contributed by atoms with Gasteiger partial charge in [-0.3, -0.25) is 4.99 Å². The number of hydrogen-bond donors (Lipinski definition) is 2. The molecule has 0 spiro atoms. The minimum Gasteiger partial charge on any atom is -0.400 e. The van der Waals surface area contributed by atoms with Crippen LogP contribution in [0.1, 0.15) is 45.4 Å². The van der Waals surface area contributed by atoms with Crippen molar-refractivity contribution in [3.63, 3.8) is 0 Å². The maximum Gasteiger partial charge on any atom is 0.104 e. The van der Waals surface area contributed by atoms with E-state index in [1.807, 2.05) is 0 Å². The van der Waals surface area contributed by atoms with Gasteiger partial charge in [0.1, 0.15) is 11.3 Å². The third-order valence-electron chi connectivity index (χ3n) is 2.63. The molecule has 0 aliphatic carbocycles. The van der Waals surface area contributed by atoms with E-state index in [0.29, 0.717) is 5.44 Å². The van der Waals surface area contributed by atoms with Crippen molar-refractivity contribution in [1.29, 1.82) is 0 Å². The van der Waals surface area contributed by atoms with Crippen molar-refractivity contribution in [2.75, 3.05) is 26.0 Å². The van der Waals surface area contributed by atoms with Crippen LogP contribution >= 0.6 is 11.8 Å². The number of aliphatic hydroxyl groups is 1. The summed E-state index contributed by atoms with van der Waals surface area (Å²) in [6.45, 7) is 3.99. The summed E-state index contributed by atoms with van der Waals surface area (Å²) in [4.78, 5) is 4.36. The lowest BCUT2D eigenvalue weighted by atomic mass is 10.2. The van der Waals surface area contributed by atoms with Gasteiger partial charge in [-0.1, -0.05) is 19.8 Å². The van der Waals surface area contributed by atoms with Gasteiger partial charge in [0.15, 0.2) is 0 Å². The normalized spacial score (nSPS) is 20.2. The summed E-state index contributed by atoms with van der Waals surface area (Å²) in [7, 11) is 1.00. The molecule has 0 aromatic rings. The molecule has 0 aromatic heterocycles. The second kappa shape index (κ2) is 13.2. The SMILES string of the molecule is CCCCCN=C(N)CSC1CCCCO1.CO. The van der Waals surface area contributed by atoms with Gasteiger partial charge in [-0.25, -0.2) is 0 Å². The Morgan fingerprint density at radius 2 is 2.17 bits per heavy atom. The largest absolute Gasteiger partial charge is 0.400 e. The van der Waals surface area contributed by atoms with Crippen molar-refractivity contribution in [3.8, 4) is 0 Å². The number of rotatable bonds is 7. The molecule has 1 atom stereocenters. The molecule has 1 fully saturated rings. The number of unbranched alkanes of at least 4 members (excludes halogenated alkanes) is 2. The molecule has 0 amide bonds. The monoisotopic (exact) mass is 276 g/mol. The number of thioether (sulfide) groups is 1. The highest BCUT2D eigenvalue weighted by Crippen LogP contribution is 2.22. The molecule has 108 valence electrons. The molecule has 1 saturated heterocycles. The first kappa shape index (κ1) is 17.7. The van der Waals surface area contributed by atoms with Crippen molar-refractivity contribution in [2.45, 2.75) is 50.9 Å². The van der Waals surface area contributed by atoms with Gasteiger partial charge < -0.3 is 15.6 Å². The van der Waals surface area contributed by atoms with E-state index in [-0.39, 0.29) is 0 Å². The van der Waals surface area contributed by atoms with Crippen LogP contribution in [0.4, 0.5) is 0 Å². The van der Waals surface area contributed by atoms with Gasteiger partial charge in [0.2, 0.25) is 0 Å². The van der Waals surface area contributed by atoms with Crippen LogP contribution in [-0.2, 0) is 4.74 Å². The zero-order valence-corrected chi connectivity index (χ0v) is 12.5. The van der Waals surface area contributed by atoms with E-state index >= 15 is 0 Å². The number of nitrogens with two attached hydrogens (primary N) is 1. The lowest BCUT2D eigenvalue weighted by molar-refractivity contribution is 0.0730. The van der Waals surface area contributed by atoms with Crippen LogP contribution in [0.3, 0.4) is 0 Å². The Balaban J connectivity index is 0.00000137. The average Bonchev–Trinajstić information content (AvgIpc) is 2.45. The van der Waals surface area contributed by atoms with Crippen molar-refractivity contribution in [2.24, 2.45) is 10.7 Å². The number of aliphatic imine (C=N–C) groups is 1. The van der Waals surface area contributed by atoms with Crippen LogP contribution in [-0.4, -0.2) is 42.4 Å². The molecule has 0 bridgehead atoms. The molecule has 4 nitrogen and oxygen atoms in total. The van der Waals surface area contributed by atoms with E-state index in [9.17, 15) is 0 Å². The summed E-state index contributed by atoms with van der Waals surface area (Å²) in [5.41, 5.74) is 6.19. The lowest BCUT2D eigenvalue weighted by Gasteiger charge is -2.21. The average molecular weight is 276 g/mol. The van der Waals surface area contributed by atoms with E-state index in [1.165, 1.54) is 25.7 Å². The van der Waals surface area contributed by atoms with Crippen molar-refractivity contribution >= 4 is 17.6 Å². The summed E-state index contributed by atoms with van der Waals surface area (Å²) >= 11 is 1.79. The van der Waals surface area contributed by atoms with Crippen molar-refractivity contribution in [1.82, 2.24) is 0 Å². The van der Waals surface area contributed by atoms with Gasteiger partial charge in [0, 0.05) is 20.3 Å². The molecule has 1 rings (SSSR count). The minimum atomic E-state index is 0.346. The third-order valence-corrected chi connectivity index (χ3v) is 3.84. The van der Waals surface area contributed by atoms with Crippen LogP contribution in [0.5, 0.6) is 0 Å². The Morgan fingerprint density at radius 1 is 1.39 bits per heavy atom. The fourth-order valence-corrected chi connectivity index (χ4v) is 2.62. The minimum absolute atomic E-state index is 0.346. The standard InChI is InChI=1S/C12H24N2OS.CH4O/c1-2-3-5-8-14-11(13)10-16-12-7-4-6-9-15-12;1-2/h12H,2-10H2,1H3,(H2,13,14);2H,1H3. The summed E-state index contributed by atoms with van der Waals surface area (Å²) in [6.07, 6.45) is 7.29. The van der Waals surface area contributed by atoms with Crippen LogP contribution < -0.4 is 5.73 Å². The maximum absolute atomic E-state index is 7.00. The summed E-state index contributed by atoms with van der Waals surface area (Å²) in [5, 5.41) is 7.00. The zero-order chi connectivity index (χ0) is 13.6. The van der Waals surface area contributed by atoms with Gasteiger partial charge in [-0.05, 0) is 25.7 Å². The molecule has 1 heterocycles. The first-order valence-corrected chi connectivity index (χ1v) is 7.84. The third kappa shape index (κ3) is 9.74. The van der Waals surface area contributed by atoms with E-state index < -0.39 is 0 Å². The number of ether oxygens (including phenoxy) is 1. The number of hydrogen-bond acceptors (Lipinski definition) is 4. The molecule has 1 aliphatic rings. The summed E-state index contributed by atoms with van der Waals surface area (Å²) < 4.78 is 5.62. The Hall–Kier alpha value is -0.260. The second-order valence-electron chi connectivity index (χ2n) is 4.19. The highest BCUT2D eigenvalue weighted by Gasteiger charge is 2.14. The molecule has 0 aromatic carbocycles. The Kier molecular flexibility index (Phi) is 13.0. The Bertz CT molecular complexity index is 207. The quantitative estimate of drug-likeness (QED) is 0.426. The zero-order valence-electron chi connectivity index (χ0n) is 11.7. The molecular formula is C13H28N2O2S. The fourth-order valence-electron chi connectivity index (χ4n) is 1.65. The van der Waals surface area contributed by atoms with Crippen molar-refractivity contribution in [3.05, 3.63) is 0 Å². The smallest absolute Gasteiger partial charge is 0.104 e. The summed E-state index contributed by atoms with van der Waals surface area (Å²) in [6, 6.07) is 0. The van der Waals surface area contributed by atoms with Crippen molar-refractivity contribution < 1.29 is 9.84 Å². The first-order chi connectivity index (χ1) is 8.83. The number of amidine groups is 1. The van der Waals surface area contributed by atoms with Gasteiger partial charge in [0.25, 0.3) is 0 Å². The second-order valence-corrected chi connectivity index (χ2v) is 5.34. The predicted molar refractivity (Wildman–Crippen MR) is 80.2 cm³/mol. The molecule has 1 aliphatic heterocycles. The molecular weight excluding hydrogens is 248 g/mol. The molecule has 0 radical (unpaired) electrons. The highest BCUT2D eigenvalue weighted by atomic mass is 32.2. The van der Waals surface area contributed by atoms with Crippen LogP contribution in [0.15, 0.2) is 4.99 Å².